The minimum absolute atomic E-state index is 0.152. The van der Waals surface area contributed by atoms with Gasteiger partial charge in [-0.1, -0.05) is 43.7 Å². The highest BCUT2D eigenvalue weighted by molar-refractivity contribution is 9.10. The van der Waals surface area contributed by atoms with Gasteiger partial charge in [0.15, 0.2) is 12.4 Å². The number of fused-ring (bicyclic) bond motifs is 1. The van der Waals surface area contributed by atoms with Crippen molar-refractivity contribution in [2.45, 2.75) is 33.6 Å². The molecule has 0 bridgehead atoms. The van der Waals surface area contributed by atoms with Crippen LogP contribution in [0.1, 0.15) is 42.0 Å². The van der Waals surface area contributed by atoms with Gasteiger partial charge in [-0.15, -0.1) is 0 Å². The number of hydrogen-bond acceptors (Lipinski definition) is 6. The molecule has 0 atom stereocenters. The molecule has 0 aliphatic heterocycles. The molecular formula is C35H33BrN4O4. The highest BCUT2D eigenvalue weighted by Crippen LogP contribution is 2.34. The summed E-state index contributed by atoms with van der Waals surface area (Å²) in [4.78, 5) is 31.0. The monoisotopic (exact) mass is 652 g/mol. The Balaban J connectivity index is 1.44. The third-order valence-corrected chi connectivity index (χ3v) is 7.79. The van der Waals surface area contributed by atoms with Crippen molar-refractivity contribution in [1.29, 1.82) is 0 Å². The number of para-hydroxylation sites is 1. The number of nitrogens with zero attached hydrogens (tertiary/aromatic N) is 3. The third kappa shape index (κ3) is 6.73. The van der Waals surface area contributed by atoms with Crippen LogP contribution in [-0.2, 0) is 4.79 Å². The van der Waals surface area contributed by atoms with Gasteiger partial charge in [0.25, 0.3) is 11.5 Å². The zero-order valence-electron chi connectivity index (χ0n) is 25.2. The molecule has 0 aliphatic carbocycles. The van der Waals surface area contributed by atoms with E-state index in [2.05, 4.69) is 40.2 Å². The van der Waals surface area contributed by atoms with Crippen molar-refractivity contribution >= 4 is 44.6 Å². The number of carbonyl (C=O) groups is 1. The molecule has 0 spiro atoms. The number of hydrogen-bond donors (Lipinski definition) is 1. The number of benzene rings is 4. The highest BCUT2D eigenvalue weighted by Gasteiger charge is 2.18. The summed E-state index contributed by atoms with van der Waals surface area (Å²) in [6, 6.07) is 24.2. The molecule has 0 saturated heterocycles. The van der Waals surface area contributed by atoms with Gasteiger partial charge in [-0.2, -0.15) is 9.78 Å². The van der Waals surface area contributed by atoms with E-state index in [9.17, 15) is 9.59 Å². The first-order valence-corrected chi connectivity index (χ1v) is 15.0. The van der Waals surface area contributed by atoms with Crippen LogP contribution in [0, 0.1) is 13.8 Å². The molecule has 4 aromatic carbocycles. The standard InChI is InChI=1S/C35H33BrN4O4/c1-21(2)27-18-28(23(4)16-32(27)43-5)34-39-30-9-7-6-8-26(30)35(42)40(34)37-19-24-12-15-31(29(36)17-24)44-20-33(41)38-25-13-10-22(3)11-14-25/h6-19,21H,20H2,1-5H3,(H,38,41). The first-order chi connectivity index (χ1) is 21.1. The molecule has 9 heteroatoms. The Hall–Kier alpha value is -4.76. The third-order valence-electron chi connectivity index (χ3n) is 7.17. The summed E-state index contributed by atoms with van der Waals surface area (Å²) in [6.07, 6.45) is 1.60. The number of halogens is 1. The van der Waals surface area contributed by atoms with Crippen LogP contribution in [-0.4, -0.2) is 35.5 Å². The molecule has 5 rings (SSSR count). The normalized spacial score (nSPS) is 11.3. The quantitative estimate of drug-likeness (QED) is 0.167. The highest BCUT2D eigenvalue weighted by atomic mass is 79.9. The lowest BCUT2D eigenvalue weighted by Crippen LogP contribution is -2.21. The Labute approximate surface area is 264 Å². The predicted molar refractivity (Wildman–Crippen MR) is 179 cm³/mol. The van der Waals surface area contributed by atoms with Crippen LogP contribution in [0.5, 0.6) is 11.5 Å². The fourth-order valence-corrected chi connectivity index (χ4v) is 5.30. The van der Waals surface area contributed by atoms with E-state index in [1.165, 1.54) is 4.68 Å². The van der Waals surface area contributed by atoms with Gasteiger partial charge in [-0.25, -0.2) is 4.98 Å². The second kappa shape index (κ2) is 13.3. The lowest BCUT2D eigenvalue weighted by Gasteiger charge is -2.17. The molecule has 0 radical (unpaired) electrons. The Bertz CT molecular complexity index is 1930. The van der Waals surface area contributed by atoms with E-state index in [4.69, 9.17) is 14.5 Å². The number of aromatic nitrogens is 2. The summed E-state index contributed by atoms with van der Waals surface area (Å²) in [6.45, 7) is 7.99. The van der Waals surface area contributed by atoms with Crippen LogP contribution in [0.25, 0.3) is 22.3 Å². The van der Waals surface area contributed by atoms with Gasteiger partial charge in [0, 0.05) is 11.3 Å². The summed E-state index contributed by atoms with van der Waals surface area (Å²) in [5.41, 5.74) is 5.57. The number of methoxy groups -OCH3 is 1. The molecule has 1 heterocycles. The molecule has 5 aromatic rings. The number of ether oxygens (including phenoxy) is 2. The molecule has 0 aliphatic rings. The van der Waals surface area contributed by atoms with Crippen LogP contribution in [0.4, 0.5) is 5.69 Å². The van der Waals surface area contributed by atoms with Crippen molar-refractivity contribution < 1.29 is 14.3 Å². The van der Waals surface area contributed by atoms with Gasteiger partial charge >= 0.3 is 0 Å². The van der Waals surface area contributed by atoms with E-state index < -0.39 is 0 Å². The molecule has 1 aromatic heterocycles. The Morgan fingerprint density at radius 1 is 1.02 bits per heavy atom. The fourth-order valence-electron chi connectivity index (χ4n) is 4.79. The summed E-state index contributed by atoms with van der Waals surface area (Å²) in [5.74, 6) is 1.66. The molecule has 44 heavy (non-hydrogen) atoms. The summed E-state index contributed by atoms with van der Waals surface area (Å²) < 4.78 is 13.4. The van der Waals surface area contributed by atoms with Crippen molar-refractivity contribution in [2.24, 2.45) is 5.10 Å². The summed E-state index contributed by atoms with van der Waals surface area (Å²) >= 11 is 3.53. The van der Waals surface area contributed by atoms with Crippen molar-refractivity contribution in [3.63, 3.8) is 0 Å². The van der Waals surface area contributed by atoms with Crippen LogP contribution < -0.4 is 20.3 Å². The lowest BCUT2D eigenvalue weighted by molar-refractivity contribution is -0.118. The van der Waals surface area contributed by atoms with Gasteiger partial charge in [0.2, 0.25) is 0 Å². The van der Waals surface area contributed by atoms with Crippen LogP contribution >= 0.6 is 15.9 Å². The van der Waals surface area contributed by atoms with E-state index in [-0.39, 0.29) is 24.0 Å². The predicted octanol–water partition coefficient (Wildman–Crippen LogP) is 7.47. The van der Waals surface area contributed by atoms with Gasteiger partial charge in [0.05, 0.1) is 28.7 Å². The number of nitrogens with one attached hydrogen (secondary N) is 1. The van der Waals surface area contributed by atoms with E-state index in [1.807, 2.05) is 74.5 Å². The zero-order valence-corrected chi connectivity index (χ0v) is 26.8. The second-order valence-corrected chi connectivity index (χ2v) is 11.6. The summed E-state index contributed by atoms with van der Waals surface area (Å²) in [7, 11) is 1.66. The molecular weight excluding hydrogens is 620 g/mol. The Morgan fingerprint density at radius 3 is 2.48 bits per heavy atom. The van der Waals surface area contributed by atoms with E-state index >= 15 is 0 Å². The van der Waals surface area contributed by atoms with Crippen molar-refractivity contribution in [3.8, 4) is 22.9 Å². The molecule has 8 nitrogen and oxygen atoms in total. The average molecular weight is 654 g/mol. The van der Waals surface area contributed by atoms with Crippen molar-refractivity contribution in [1.82, 2.24) is 9.66 Å². The minimum Gasteiger partial charge on any atom is -0.496 e. The van der Waals surface area contributed by atoms with Crippen molar-refractivity contribution in [3.05, 3.63) is 116 Å². The maximum atomic E-state index is 13.7. The number of rotatable bonds is 9. The molecule has 224 valence electrons. The van der Waals surface area contributed by atoms with Crippen LogP contribution in [0.15, 0.2) is 93.2 Å². The minimum atomic E-state index is -0.276. The Morgan fingerprint density at radius 2 is 1.77 bits per heavy atom. The fraction of sp³-hybridized carbons (Fsp3) is 0.200. The first-order valence-electron chi connectivity index (χ1n) is 14.2. The molecule has 0 unspecified atom stereocenters. The number of aryl methyl sites for hydroxylation is 2. The zero-order chi connectivity index (χ0) is 31.4. The smallest absolute Gasteiger partial charge is 0.282 e. The molecule has 1 N–H and O–H groups in total. The maximum absolute atomic E-state index is 13.7. The molecule has 0 saturated carbocycles. The molecule has 1 amide bonds. The number of amides is 1. The van der Waals surface area contributed by atoms with Gasteiger partial charge in [0.1, 0.15) is 11.5 Å². The van der Waals surface area contributed by atoms with Gasteiger partial charge in [-0.05, 0) is 107 Å². The summed E-state index contributed by atoms with van der Waals surface area (Å²) in [5, 5.41) is 7.91. The van der Waals surface area contributed by atoms with E-state index in [0.29, 0.717) is 38.2 Å². The van der Waals surface area contributed by atoms with Gasteiger partial charge in [-0.3, -0.25) is 9.59 Å². The maximum Gasteiger partial charge on any atom is 0.282 e. The topological polar surface area (TPSA) is 94.8 Å². The SMILES string of the molecule is COc1cc(C)c(-c2nc3ccccc3c(=O)n2N=Cc2ccc(OCC(=O)Nc3ccc(C)cc3)c(Br)c2)cc1C(C)C. The molecule has 0 fully saturated rings. The lowest BCUT2D eigenvalue weighted by atomic mass is 9.96. The van der Waals surface area contributed by atoms with Crippen molar-refractivity contribution in [2.75, 3.05) is 19.0 Å². The first kappa shape index (κ1) is 30.7. The van der Waals surface area contributed by atoms with Crippen LogP contribution in [0.3, 0.4) is 0 Å². The number of carbonyl (C=O) groups excluding carboxylic acids is 1. The van der Waals surface area contributed by atoms with E-state index in [0.717, 1.165) is 28.0 Å². The van der Waals surface area contributed by atoms with Crippen LogP contribution in [0.2, 0.25) is 0 Å². The van der Waals surface area contributed by atoms with E-state index in [1.54, 1.807) is 31.5 Å². The Kier molecular flexibility index (Phi) is 9.25. The van der Waals surface area contributed by atoms with Gasteiger partial charge < -0.3 is 14.8 Å². The second-order valence-electron chi connectivity index (χ2n) is 10.8. The average Bonchev–Trinajstić information content (AvgIpc) is 3.01. The number of anilines is 1. The largest absolute Gasteiger partial charge is 0.496 e.